The Morgan fingerprint density at radius 1 is 1.07 bits per heavy atom. The molecule has 0 aliphatic heterocycles. The topological polar surface area (TPSA) is 36.1 Å². The Labute approximate surface area is 172 Å². The minimum atomic E-state index is -0.270. The quantitative estimate of drug-likeness (QED) is 0.472. The minimum absolute atomic E-state index is 0.129. The first-order valence-corrected chi connectivity index (χ1v) is 10.7. The van der Waals surface area contributed by atoms with Crippen LogP contribution in [0.1, 0.15) is 62.6 Å². The number of aromatic amines is 1. The van der Waals surface area contributed by atoms with E-state index in [1.54, 1.807) is 12.1 Å². The molecule has 1 amide bonds. The van der Waals surface area contributed by atoms with Crippen molar-refractivity contribution in [1.82, 2.24) is 9.88 Å². The van der Waals surface area contributed by atoms with Gasteiger partial charge in [0, 0.05) is 42.5 Å². The maximum absolute atomic E-state index is 14.0. The smallest absolute Gasteiger partial charge is 0.223 e. The summed E-state index contributed by atoms with van der Waals surface area (Å²) >= 11 is 0. The van der Waals surface area contributed by atoms with Crippen LogP contribution in [-0.2, 0) is 11.2 Å². The normalized spacial score (nSPS) is 12.3. The van der Waals surface area contributed by atoms with E-state index in [2.05, 4.69) is 44.0 Å². The highest BCUT2D eigenvalue weighted by Crippen LogP contribution is 2.35. The number of hydrogen-bond donors (Lipinski definition) is 1. The van der Waals surface area contributed by atoms with Crippen molar-refractivity contribution in [3.63, 3.8) is 0 Å². The van der Waals surface area contributed by atoms with Crippen LogP contribution in [0, 0.1) is 5.82 Å². The van der Waals surface area contributed by atoms with Gasteiger partial charge in [0.15, 0.2) is 0 Å². The summed E-state index contributed by atoms with van der Waals surface area (Å²) < 4.78 is 14.0. The Kier molecular flexibility index (Phi) is 7.08. The molecule has 0 bridgehead atoms. The third-order valence-electron chi connectivity index (χ3n) is 5.56. The van der Waals surface area contributed by atoms with Gasteiger partial charge < -0.3 is 9.88 Å². The lowest BCUT2D eigenvalue weighted by Crippen LogP contribution is -2.33. The SMILES string of the molecule is CCCN(CCC)C(=O)C[C@@H](c1cccc(F)c1)c1c[nH]c2c(CC)cccc12. The number of hydrogen-bond acceptors (Lipinski definition) is 1. The van der Waals surface area contributed by atoms with Crippen molar-refractivity contribution in [2.45, 2.75) is 52.4 Å². The molecule has 1 heterocycles. The van der Waals surface area contributed by atoms with Gasteiger partial charge >= 0.3 is 0 Å². The number of halogens is 1. The van der Waals surface area contributed by atoms with Gasteiger partial charge in [0.05, 0.1) is 0 Å². The fourth-order valence-corrected chi connectivity index (χ4v) is 4.16. The van der Waals surface area contributed by atoms with Crippen molar-refractivity contribution in [3.8, 4) is 0 Å². The summed E-state index contributed by atoms with van der Waals surface area (Å²) in [4.78, 5) is 18.5. The van der Waals surface area contributed by atoms with E-state index in [9.17, 15) is 9.18 Å². The van der Waals surface area contributed by atoms with Crippen molar-refractivity contribution in [2.75, 3.05) is 13.1 Å². The lowest BCUT2D eigenvalue weighted by Gasteiger charge is -2.25. The summed E-state index contributed by atoms with van der Waals surface area (Å²) in [5, 5.41) is 1.11. The molecule has 0 aliphatic carbocycles. The standard InChI is InChI=1S/C25H31FN2O/c1-4-13-28(14-5-2)24(29)16-22(19-10-7-11-20(26)15-19)23-17-27-25-18(6-3)9-8-12-21(23)25/h7-12,15,17,22,27H,4-6,13-14,16H2,1-3H3/t22-/m0/s1. The van der Waals surface area contributed by atoms with E-state index in [0.717, 1.165) is 54.4 Å². The maximum Gasteiger partial charge on any atom is 0.223 e. The fraction of sp³-hybridized carbons (Fsp3) is 0.400. The lowest BCUT2D eigenvalue weighted by molar-refractivity contribution is -0.131. The number of H-pyrrole nitrogens is 1. The van der Waals surface area contributed by atoms with Gasteiger partial charge in [-0.15, -0.1) is 0 Å². The monoisotopic (exact) mass is 394 g/mol. The van der Waals surface area contributed by atoms with Gasteiger partial charge in [0.1, 0.15) is 5.82 Å². The molecule has 29 heavy (non-hydrogen) atoms. The van der Waals surface area contributed by atoms with Crippen molar-refractivity contribution >= 4 is 16.8 Å². The first kappa shape index (κ1) is 21.1. The van der Waals surface area contributed by atoms with Crippen LogP contribution in [0.5, 0.6) is 0 Å². The van der Waals surface area contributed by atoms with E-state index in [1.807, 2.05) is 17.2 Å². The van der Waals surface area contributed by atoms with E-state index in [-0.39, 0.29) is 17.6 Å². The number of para-hydroxylation sites is 1. The molecule has 2 aromatic carbocycles. The van der Waals surface area contributed by atoms with Gasteiger partial charge in [-0.3, -0.25) is 4.79 Å². The van der Waals surface area contributed by atoms with Crippen molar-refractivity contribution in [2.24, 2.45) is 0 Å². The number of carbonyl (C=O) groups excluding carboxylic acids is 1. The number of nitrogens with one attached hydrogen (secondary N) is 1. The van der Waals surface area contributed by atoms with Crippen LogP contribution < -0.4 is 0 Å². The largest absolute Gasteiger partial charge is 0.361 e. The molecular formula is C25H31FN2O. The maximum atomic E-state index is 14.0. The predicted octanol–water partition coefficient (Wildman–Crippen LogP) is 6.04. The Balaban J connectivity index is 2.04. The summed E-state index contributed by atoms with van der Waals surface area (Å²) in [5.74, 6) is -0.327. The number of aryl methyl sites for hydroxylation is 1. The number of rotatable bonds is 9. The first-order valence-electron chi connectivity index (χ1n) is 10.7. The molecule has 1 aromatic heterocycles. The summed E-state index contributed by atoms with van der Waals surface area (Å²) in [6.45, 7) is 7.83. The Morgan fingerprint density at radius 3 is 2.45 bits per heavy atom. The number of amides is 1. The average Bonchev–Trinajstić information content (AvgIpc) is 3.15. The summed E-state index contributed by atoms with van der Waals surface area (Å²) in [7, 11) is 0. The molecule has 3 nitrogen and oxygen atoms in total. The molecule has 154 valence electrons. The van der Waals surface area contributed by atoms with Crippen LogP contribution in [0.4, 0.5) is 4.39 Å². The van der Waals surface area contributed by atoms with Gasteiger partial charge in [-0.25, -0.2) is 4.39 Å². The van der Waals surface area contributed by atoms with Crippen molar-refractivity contribution < 1.29 is 9.18 Å². The molecule has 4 heteroatoms. The molecule has 3 rings (SSSR count). The Bertz CT molecular complexity index is 956. The zero-order valence-corrected chi connectivity index (χ0v) is 17.7. The molecule has 0 saturated carbocycles. The van der Waals surface area contributed by atoms with Gasteiger partial charge in [0.25, 0.3) is 0 Å². The second-order valence-electron chi connectivity index (χ2n) is 7.63. The highest BCUT2D eigenvalue weighted by molar-refractivity contribution is 5.88. The predicted molar refractivity (Wildman–Crippen MR) is 118 cm³/mol. The van der Waals surface area contributed by atoms with Gasteiger partial charge in [-0.1, -0.05) is 51.1 Å². The highest BCUT2D eigenvalue weighted by atomic mass is 19.1. The first-order chi connectivity index (χ1) is 14.1. The Hall–Kier alpha value is -2.62. The second-order valence-corrected chi connectivity index (χ2v) is 7.63. The summed E-state index contributed by atoms with van der Waals surface area (Å²) in [6, 6.07) is 12.9. The van der Waals surface area contributed by atoms with E-state index < -0.39 is 0 Å². The zero-order valence-electron chi connectivity index (χ0n) is 17.7. The van der Waals surface area contributed by atoms with E-state index in [1.165, 1.54) is 11.6 Å². The van der Waals surface area contributed by atoms with E-state index in [0.29, 0.717) is 6.42 Å². The number of nitrogens with zero attached hydrogens (tertiary/aromatic N) is 1. The molecule has 0 aliphatic rings. The van der Waals surface area contributed by atoms with Crippen LogP contribution in [0.2, 0.25) is 0 Å². The molecule has 1 atom stereocenters. The molecular weight excluding hydrogens is 363 g/mol. The van der Waals surface area contributed by atoms with Crippen LogP contribution in [0.25, 0.3) is 10.9 Å². The van der Waals surface area contributed by atoms with Crippen molar-refractivity contribution in [3.05, 3.63) is 71.2 Å². The summed E-state index contributed by atoms with van der Waals surface area (Å²) in [5.41, 5.74) is 4.26. The zero-order chi connectivity index (χ0) is 20.8. The number of fused-ring (bicyclic) bond motifs is 1. The molecule has 0 fully saturated rings. The molecule has 0 spiro atoms. The number of benzene rings is 2. The van der Waals surface area contributed by atoms with Crippen molar-refractivity contribution in [1.29, 1.82) is 0 Å². The van der Waals surface area contributed by atoms with E-state index >= 15 is 0 Å². The molecule has 0 saturated heterocycles. The lowest BCUT2D eigenvalue weighted by atomic mass is 9.87. The Morgan fingerprint density at radius 2 is 1.79 bits per heavy atom. The molecule has 3 aromatic rings. The summed E-state index contributed by atoms with van der Waals surface area (Å²) in [6.07, 6.45) is 5.14. The molecule has 0 unspecified atom stereocenters. The molecule has 0 radical (unpaired) electrons. The number of carbonyl (C=O) groups is 1. The minimum Gasteiger partial charge on any atom is -0.361 e. The van der Waals surface area contributed by atoms with Gasteiger partial charge in [-0.2, -0.15) is 0 Å². The van der Waals surface area contributed by atoms with Gasteiger partial charge in [-0.05, 0) is 48.1 Å². The second kappa shape index (κ2) is 9.73. The average molecular weight is 395 g/mol. The van der Waals surface area contributed by atoms with Gasteiger partial charge in [0.2, 0.25) is 5.91 Å². The van der Waals surface area contributed by atoms with Crippen LogP contribution in [-0.4, -0.2) is 28.9 Å². The highest BCUT2D eigenvalue weighted by Gasteiger charge is 2.24. The third-order valence-corrected chi connectivity index (χ3v) is 5.56. The number of aromatic nitrogens is 1. The fourth-order valence-electron chi connectivity index (χ4n) is 4.16. The van der Waals surface area contributed by atoms with E-state index in [4.69, 9.17) is 0 Å². The van der Waals surface area contributed by atoms with Crippen LogP contribution in [0.15, 0.2) is 48.7 Å². The van der Waals surface area contributed by atoms with Crippen LogP contribution >= 0.6 is 0 Å². The molecule has 1 N–H and O–H groups in total. The van der Waals surface area contributed by atoms with Crippen LogP contribution in [0.3, 0.4) is 0 Å². The third kappa shape index (κ3) is 4.69.